The Morgan fingerprint density at radius 1 is 1.21 bits per heavy atom. The third kappa shape index (κ3) is 3.47. The van der Waals surface area contributed by atoms with Gasteiger partial charge in [-0.25, -0.2) is 0 Å². The van der Waals surface area contributed by atoms with Crippen molar-refractivity contribution in [3.05, 3.63) is 53.1 Å². The fraction of sp³-hybridized carbons (Fsp3) is 0.312. The van der Waals surface area contributed by atoms with E-state index in [2.05, 4.69) is 24.2 Å². The number of hydrogen-bond acceptors (Lipinski definition) is 3. The molecule has 0 unspecified atom stereocenters. The van der Waals surface area contributed by atoms with Crippen LogP contribution >= 0.6 is 0 Å². The molecular formula is C16H19NO2. The van der Waals surface area contributed by atoms with E-state index in [4.69, 9.17) is 9.57 Å². The fourth-order valence-electron chi connectivity index (χ4n) is 2.03. The predicted octanol–water partition coefficient (Wildman–Crippen LogP) is 4.00. The van der Waals surface area contributed by atoms with E-state index < -0.39 is 0 Å². The molecule has 0 aliphatic heterocycles. The summed E-state index contributed by atoms with van der Waals surface area (Å²) >= 11 is 0. The van der Waals surface area contributed by atoms with Crippen molar-refractivity contribution in [1.29, 1.82) is 0 Å². The highest BCUT2D eigenvalue weighted by Gasteiger charge is 2.14. The van der Waals surface area contributed by atoms with Crippen molar-refractivity contribution in [1.82, 2.24) is 0 Å². The summed E-state index contributed by atoms with van der Waals surface area (Å²) < 4.78 is 5.90. The summed E-state index contributed by atoms with van der Waals surface area (Å²) in [5.74, 6) is 1.36. The van der Waals surface area contributed by atoms with Crippen LogP contribution < -0.4 is 4.74 Å². The van der Waals surface area contributed by atoms with E-state index in [0.717, 1.165) is 29.7 Å². The quantitative estimate of drug-likeness (QED) is 0.465. The predicted molar refractivity (Wildman–Crippen MR) is 77.3 cm³/mol. The molecule has 0 aromatic heterocycles. The van der Waals surface area contributed by atoms with Crippen LogP contribution in [0.3, 0.4) is 0 Å². The summed E-state index contributed by atoms with van der Waals surface area (Å²) in [7, 11) is 1.54. The van der Waals surface area contributed by atoms with Gasteiger partial charge in [0.15, 0.2) is 0 Å². The molecule has 1 aromatic rings. The number of benzene rings is 1. The maximum Gasteiger partial charge on any atom is 0.258 e. The minimum Gasteiger partial charge on any atom is -0.436 e. The van der Waals surface area contributed by atoms with E-state index in [9.17, 15) is 0 Å². The van der Waals surface area contributed by atoms with Gasteiger partial charge in [0.05, 0.1) is 0 Å². The van der Waals surface area contributed by atoms with Crippen LogP contribution in [0.25, 0.3) is 0 Å². The minimum absolute atomic E-state index is 0.546. The van der Waals surface area contributed by atoms with Gasteiger partial charge in [0, 0.05) is 5.57 Å². The average Bonchev–Trinajstić information content (AvgIpc) is 2.40. The van der Waals surface area contributed by atoms with Crippen molar-refractivity contribution >= 4 is 5.90 Å². The number of rotatable bonds is 3. The molecule has 1 aliphatic carbocycles. The van der Waals surface area contributed by atoms with Crippen LogP contribution in [0.1, 0.15) is 25.3 Å². The van der Waals surface area contributed by atoms with Crippen LogP contribution in [0.5, 0.6) is 5.75 Å². The first-order chi connectivity index (χ1) is 9.20. The third-order valence-corrected chi connectivity index (χ3v) is 3.03. The van der Waals surface area contributed by atoms with Crippen molar-refractivity contribution in [2.75, 3.05) is 7.11 Å². The first-order valence-electron chi connectivity index (χ1n) is 6.43. The fourth-order valence-corrected chi connectivity index (χ4v) is 2.03. The monoisotopic (exact) mass is 257 g/mol. The van der Waals surface area contributed by atoms with Crippen molar-refractivity contribution in [2.24, 2.45) is 5.16 Å². The molecule has 0 bridgehead atoms. The molecule has 0 fully saturated rings. The molecule has 0 radical (unpaired) electrons. The Kier molecular flexibility index (Phi) is 4.39. The lowest BCUT2D eigenvalue weighted by Gasteiger charge is -2.15. The Balaban J connectivity index is 2.25. The van der Waals surface area contributed by atoms with Gasteiger partial charge in [0.2, 0.25) is 0 Å². The topological polar surface area (TPSA) is 30.8 Å². The molecule has 1 aromatic carbocycles. The van der Waals surface area contributed by atoms with Crippen molar-refractivity contribution < 1.29 is 9.57 Å². The van der Waals surface area contributed by atoms with Gasteiger partial charge >= 0.3 is 0 Å². The molecule has 0 heterocycles. The summed E-state index contributed by atoms with van der Waals surface area (Å²) in [5.41, 5.74) is 3.39. The van der Waals surface area contributed by atoms with Crippen molar-refractivity contribution in [3.63, 3.8) is 0 Å². The molecule has 0 spiro atoms. The number of allylic oxidation sites excluding steroid dienone is 3. The smallest absolute Gasteiger partial charge is 0.258 e. The molecule has 0 saturated heterocycles. The highest BCUT2D eigenvalue weighted by molar-refractivity contribution is 5.95. The van der Waals surface area contributed by atoms with Gasteiger partial charge in [-0.3, -0.25) is 0 Å². The molecule has 0 atom stereocenters. The lowest BCUT2D eigenvalue weighted by molar-refractivity contribution is 0.205. The van der Waals surface area contributed by atoms with Crippen LogP contribution in [0, 0.1) is 6.92 Å². The van der Waals surface area contributed by atoms with Gasteiger partial charge in [-0.05, 0) is 43.5 Å². The summed E-state index contributed by atoms with van der Waals surface area (Å²) in [6.07, 6.45) is 6.24. The van der Waals surface area contributed by atoms with Crippen molar-refractivity contribution in [2.45, 2.75) is 26.7 Å². The van der Waals surface area contributed by atoms with Crippen molar-refractivity contribution in [3.8, 4) is 5.75 Å². The molecule has 3 nitrogen and oxygen atoms in total. The second-order valence-electron chi connectivity index (χ2n) is 4.60. The van der Waals surface area contributed by atoms with Gasteiger partial charge in [-0.15, -0.1) is 0 Å². The summed E-state index contributed by atoms with van der Waals surface area (Å²) in [6.45, 7) is 4.09. The van der Waals surface area contributed by atoms with Gasteiger partial charge < -0.3 is 9.57 Å². The highest BCUT2D eigenvalue weighted by atomic mass is 16.6. The lowest BCUT2D eigenvalue weighted by Crippen LogP contribution is -2.14. The van der Waals surface area contributed by atoms with Gasteiger partial charge in [-0.1, -0.05) is 35.9 Å². The maximum absolute atomic E-state index is 5.90. The van der Waals surface area contributed by atoms with Crippen LogP contribution in [-0.2, 0) is 4.84 Å². The van der Waals surface area contributed by atoms with E-state index in [1.54, 1.807) is 0 Å². The Hall–Kier alpha value is -2.03. The van der Waals surface area contributed by atoms with Gasteiger partial charge in [0.25, 0.3) is 5.90 Å². The van der Waals surface area contributed by atoms with E-state index in [-0.39, 0.29) is 0 Å². The minimum atomic E-state index is 0.546. The molecule has 3 heteroatoms. The number of aryl methyl sites for hydroxylation is 1. The van der Waals surface area contributed by atoms with Crippen LogP contribution in [-0.4, -0.2) is 13.0 Å². The van der Waals surface area contributed by atoms with Crippen LogP contribution in [0.2, 0.25) is 0 Å². The molecule has 0 amide bonds. The zero-order chi connectivity index (χ0) is 13.7. The number of ether oxygens (including phenoxy) is 1. The van der Waals surface area contributed by atoms with E-state index in [1.807, 2.05) is 31.2 Å². The van der Waals surface area contributed by atoms with Crippen LogP contribution in [0.4, 0.5) is 0 Å². The highest BCUT2D eigenvalue weighted by Crippen LogP contribution is 2.23. The first kappa shape index (κ1) is 13.4. The summed E-state index contributed by atoms with van der Waals surface area (Å²) in [4.78, 5) is 4.91. The Morgan fingerprint density at radius 3 is 2.68 bits per heavy atom. The van der Waals surface area contributed by atoms with E-state index in [0.29, 0.717) is 5.90 Å². The molecule has 100 valence electrons. The Labute approximate surface area is 114 Å². The standard InChI is InChI=1S/C16H19NO2/c1-12-7-6-9-14(11-12)16(17-18-3)19-15-10-5-4-8-13(15)2/h4-5,7-8,10-11H,6,9H2,1-3H3/b17-16+. The lowest BCUT2D eigenvalue weighted by atomic mass is 10.0. The Bertz CT molecular complexity index is 541. The average molecular weight is 257 g/mol. The normalized spacial score (nSPS) is 15.6. The number of nitrogens with zero attached hydrogens (tertiary/aromatic N) is 1. The summed E-state index contributed by atoms with van der Waals surface area (Å²) in [6, 6.07) is 7.89. The van der Waals surface area contributed by atoms with Gasteiger partial charge in [0.1, 0.15) is 12.9 Å². The van der Waals surface area contributed by atoms with Crippen LogP contribution in [0.15, 0.2) is 52.7 Å². The zero-order valence-corrected chi connectivity index (χ0v) is 11.6. The SMILES string of the molecule is CO/N=C(/Oc1ccccc1C)C1=CC(C)=CCC1. The molecule has 0 saturated carbocycles. The summed E-state index contributed by atoms with van der Waals surface area (Å²) in [5, 5.41) is 4.02. The largest absolute Gasteiger partial charge is 0.436 e. The number of para-hydroxylation sites is 1. The third-order valence-electron chi connectivity index (χ3n) is 3.03. The number of hydrogen-bond donors (Lipinski definition) is 0. The number of oxime groups is 1. The second kappa shape index (κ2) is 6.23. The Morgan fingerprint density at radius 2 is 2.00 bits per heavy atom. The first-order valence-corrected chi connectivity index (χ1v) is 6.43. The zero-order valence-electron chi connectivity index (χ0n) is 11.6. The molecule has 19 heavy (non-hydrogen) atoms. The maximum atomic E-state index is 5.90. The molecule has 0 N–H and O–H groups in total. The molecular weight excluding hydrogens is 238 g/mol. The van der Waals surface area contributed by atoms with E-state index in [1.165, 1.54) is 12.7 Å². The second-order valence-corrected chi connectivity index (χ2v) is 4.60. The molecule has 2 rings (SSSR count). The van der Waals surface area contributed by atoms with Gasteiger partial charge in [-0.2, -0.15) is 0 Å². The molecule has 1 aliphatic rings. The van der Waals surface area contributed by atoms with E-state index >= 15 is 0 Å².